The molecule has 1 aliphatic rings. The molecular weight excluding hydrogens is 167 g/mol. The first-order valence-corrected chi connectivity index (χ1v) is 3.00. The van der Waals surface area contributed by atoms with Gasteiger partial charge in [-0.1, -0.05) is 0 Å². The monoisotopic (exact) mass is 167 g/mol. The van der Waals surface area contributed by atoms with Crippen molar-refractivity contribution in [2.24, 2.45) is 0 Å². The topological polar surface area (TPSA) is 52.6 Å². The van der Waals surface area contributed by atoms with Crippen molar-refractivity contribution in [1.29, 1.82) is 0 Å². The maximum atomic E-state index is 9.62. The zero-order valence-corrected chi connectivity index (χ0v) is 8.21. The van der Waals surface area contributed by atoms with E-state index in [1.807, 2.05) is 0 Å². The summed E-state index contributed by atoms with van der Waals surface area (Å²) >= 11 is 0.456. The van der Waals surface area contributed by atoms with Gasteiger partial charge >= 0.3 is 10.4 Å². The fraction of sp³-hybridized carbons (Fsp3) is 0. The summed E-state index contributed by atoms with van der Waals surface area (Å²) in [4.78, 5) is 0. The van der Waals surface area contributed by atoms with Crippen LogP contribution >= 0.6 is 12.3 Å². The predicted octanol–water partition coefficient (Wildman–Crippen LogP) is -0.540. The average molecular weight is 167 g/mol. The van der Waals surface area contributed by atoms with Crippen LogP contribution in [0.2, 0.25) is 0 Å². The minimum absolute atomic E-state index is 0. The second-order valence-electron chi connectivity index (χ2n) is 0.612. The van der Waals surface area contributed by atoms with E-state index in [2.05, 4.69) is 7.26 Å². The molecule has 0 atom stereocenters. The number of hydrogen-bond donors (Lipinski definition) is 0. The van der Waals surface area contributed by atoms with Crippen molar-refractivity contribution < 1.29 is 15.7 Å². The molecule has 1 aliphatic heterocycles. The molecule has 0 bridgehead atoms. The van der Waals surface area contributed by atoms with Gasteiger partial charge in [0, 0.05) is 51.4 Å². The van der Waals surface area contributed by atoms with Gasteiger partial charge in [0.05, 0.1) is 0 Å². The van der Waals surface area contributed by atoms with E-state index in [4.69, 9.17) is 0 Å². The van der Waals surface area contributed by atoms with Crippen LogP contribution in [0.25, 0.3) is 0 Å². The normalized spacial score (nSPS) is 24.6. The Morgan fingerprint density at radius 3 is 1.57 bits per heavy atom. The van der Waals surface area contributed by atoms with E-state index in [1.54, 1.807) is 0 Å². The molecule has 1 fully saturated rings. The van der Waals surface area contributed by atoms with Gasteiger partial charge in [-0.25, -0.2) is 0 Å². The van der Waals surface area contributed by atoms with Crippen LogP contribution in [0.4, 0.5) is 0 Å². The molecular formula is KO4S2. The third-order valence-electron chi connectivity index (χ3n) is 0.222. The maximum absolute atomic E-state index is 9.62. The molecule has 0 unspecified atom stereocenters. The van der Waals surface area contributed by atoms with Crippen LogP contribution in [0, 0.1) is 0 Å². The van der Waals surface area contributed by atoms with Gasteiger partial charge in [0.2, 0.25) is 0 Å². The van der Waals surface area contributed by atoms with Crippen molar-refractivity contribution in [1.82, 2.24) is 0 Å². The Morgan fingerprint density at radius 1 is 1.29 bits per heavy atom. The summed E-state index contributed by atoms with van der Waals surface area (Å²) in [7, 11) is -3.52. The second kappa shape index (κ2) is 3.13. The van der Waals surface area contributed by atoms with Crippen LogP contribution in [-0.4, -0.2) is 59.8 Å². The minimum atomic E-state index is -3.52. The smallest absolute Gasteiger partial charge is 0.167 e. The van der Waals surface area contributed by atoms with Crippen molar-refractivity contribution in [3.8, 4) is 0 Å². The standard InChI is InChI=1S/K.O4S2/c;1-6(2)3-5-4-6. The van der Waals surface area contributed by atoms with Gasteiger partial charge in [0.1, 0.15) is 0 Å². The predicted molar refractivity (Wildman–Crippen MR) is 24.4 cm³/mol. The van der Waals surface area contributed by atoms with Crippen LogP contribution in [0.3, 0.4) is 0 Å². The Bertz CT molecular complexity index is 124. The summed E-state index contributed by atoms with van der Waals surface area (Å²) in [5, 5.41) is 0. The molecule has 7 heteroatoms. The van der Waals surface area contributed by atoms with Crippen LogP contribution in [0.15, 0.2) is 0 Å². The molecule has 0 aliphatic carbocycles. The van der Waals surface area contributed by atoms with Crippen LogP contribution in [0.5, 0.6) is 0 Å². The maximum Gasteiger partial charge on any atom is 0.425 e. The minimum Gasteiger partial charge on any atom is -0.167 e. The molecule has 0 aromatic heterocycles. The Hall–Kier alpha value is 1.86. The molecule has 1 rings (SSSR count). The Balaban J connectivity index is 0.000000360. The third-order valence-corrected chi connectivity index (χ3v) is 2.00. The molecule has 37 valence electrons. The van der Waals surface area contributed by atoms with Gasteiger partial charge in [-0.05, 0) is 0 Å². The van der Waals surface area contributed by atoms with E-state index in [1.165, 1.54) is 0 Å². The van der Waals surface area contributed by atoms with E-state index < -0.39 is 10.4 Å². The van der Waals surface area contributed by atoms with Gasteiger partial charge in [0.25, 0.3) is 0 Å². The molecule has 0 saturated carbocycles. The van der Waals surface area contributed by atoms with Crippen molar-refractivity contribution in [2.45, 2.75) is 0 Å². The quantitative estimate of drug-likeness (QED) is 0.358. The molecule has 0 N–H and O–H groups in total. The molecule has 1 saturated heterocycles. The summed E-state index contributed by atoms with van der Waals surface area (Å²) < 4.78 is 26.8. The van der Waals surface area contributed by atoms with Gasteiger partial charge in [-0.2, -0.15) is 8.42 Å². The number of hydrogen-bond acceptors (Lipinski definition) is 5. The largest absolute Gasteiger partial charge is 0.425 e. The summed E-state index contributed by atoms with van der Waals surface area (Å²) in [6.07, 6.45) is 0. The second-order valence-corrected chi connectivity index (χ2v) is 2.65. The van der Waals surface area contributed by atoms with Crippen molar-refractivity contribution in [2.75, 3.05) is 0 Å². The van der Waals surface area contributed by atoms with Crippen LogP contribution < -0.4 is 0 Å². The molecule has 0 aromatic rings. The first-order valence-electron chi connectivity index (χ1n) is 1.00. The van der Waals surface area contributed by atoms with E-state index in [9.17, 15) is 8.42 Å². The van der Waals surface area contributed by atoms with Crippen molar-refractivity contribution >= 4 is 74.1 Å². The first-order chi connectivity index (χ1) is 2.71. The molecule has 4 nitrogen and oxygen atoms in total. The Morgan fingerprint density at radius 2 is 1.57 bits per heavy atom. The Labute approximate surface area is 88.1 Å². The first kappa shape index (κ1) is 8.86. The van der Waals surface area contributed by atoms with E-state index in [0.717, 1.165) is 0 Å². The van der Waals surface area contributed by atoms with Gasteiger partial charge in [-0.3, -0.25) is 0 Å². The molecule has 1 heterocycles. The fourth-order valence-corrected chi connectivity index (χ4v) is 0.658. The summed E-state index contributed by atoms with van der Waals surface area (Å²) in [5.41, 5.74) is 0. The average Bonchev–Trinajstić information content (AvgIpc) is 1.32. The Kier molecular flexibility index (Phi) is 3.96. The fourth-order valence-electron chi connectivity index (χ4n) is 0.0731. The van der Waals surface area contributed by atoms with Crippen molar-refractivity contribution in [3.05, 3.63) is 0 Å². The zero-order valence-electron chi connectivity index (χ0n) is 3.45. The van der Waals surface area contributed by atoms with Crippen LogP contribution in [-0.2, 0) is 17.7 Å². The molecule has 0 spiro atoms. The third kappa shape index (κ3) is 2.77. The van der Waals surface area contributed by atoms with Crippen molar-refractivity contribution in [3.63, 3.8) is 0 Å². The van der Waals surface area contributed by atoms with E-state index in [-0.39, 0.29) is 51.4 Å². The summed E-state index contributed by atoms with van der Waals surface area (Å²) in [5.74, 6) is 0. The molecule has 0 aromatic carbocycles. The molecule has 1 radical (unpaired) electrons. The van der Waals surface area contributed by atoms with Gasteiger partial charge < -0.3 is 0 Å². The van der Waals surface area contributed by atoms with E-state index >= 15 is 0 Å². The van der Waals surface area contributed by atoms with E-state index in [0.29, 0.717) is 12.3 Å². The molecule has 7 heavy (non-hydrogen) atoms. The van der Waals surface area contributed by atoms with Gasteiger partial charge in [-0.15, -0.1) is 7.26 Å². The number of rotatable bonds is 0. The summed E-state index contributed by atoms with van der Waals surface area (Å²) in [6.45, 7) is 0. The summed E-state index contributed by atoms with van der Waals surface area (Å²) in [6, 6.07) is 0. The molecule has 0 amide bonds. The van der Waals surface area contributed by atoms with Crippen LogP contribution in [0.1, 0.15) is 0 Å². The zero-order chi connectivity index (χ0) is 4.62. The van der Waals surface area contributed by atoms with Gasteiger partial charge in [0.15, 0.2) is 12.3 Å². The SMILES string of the molecule is O=S1(=O)OSO1.[K].